The molecule has 0 bridgehead atoms. The van der Waals surface area contributed by atoms with Gasteiger partial charge >= 0.3 is 0 Å². The van der Waals surface area contributed by atoms with Crippen LogP contribution in [0, 0.1) is 5.92 Å². The first-order chi connectivity index (χ1) is 9.21. The summed E-state index contributed by atoms with van der Waals surface area (Å²) in [5.74, 6) is -0.294. The van der Waals surface area contributed by atoms with Gasteiger partial charge in [-0.2, -0.15) is 0 Å². The van der Waals surface area contributed by atoms with E-state index in [0.717, 1.165) is 5.41 Å². The zero-order valence-electron chi connectivity index (χ0n) is 11.9. The SMILES string of the molecule is CC(C)CC1NC(=O)C(C)N(C2C=CS(=O)(=O)C2)C1=O. The number of nitrogens with zero attached hydrogens (tertiary/aromatic N) is 1. The zero-order chi connectivity index (χ0) is 15.1. The molecule has 2 heterocycles. The molecular formula is C13H20N2O4S. The summed E-state index contributed by atoms with van der Waals surface area (Å²) < 4.78 is 23.0. The molecule has 0 saturated carbocycles. The highest BCUT2D eigenvalue weighted by Crippen LogP contribution is 2.23. The van der Waals surface area contributed by atoms with E-state index in [2.05, 4.69) is 5.32 Å². The van der Waals surface area contributed by atoms with Crippen molar-refractivity contribution in [2.75, 3.05) is 5.75 Å². The number of hydrogen-bond acceptors (Lipinski definition) is 4. The Labute approximate surface area is 119 Å². The van der Waals surface area contributed by atoms with Crippen LogP contribution in [0.4, 0.5) is 0 Å². The maximum Gasteiger partial charge on any atom is 0.246 e. The van der Waals surface area contributed by atoms with Crippen LogP contribution in [-0.4, -0.2) is 49.0 Å². The van der Waals surface area contributed by atoms with Gasteiger partial charge in [0.25, 0.3) is 0 Å². The fraction of sp³-hybridized carbons (Fsp3) is 0.692. The maximum atomic E-state index is 12.5. The Morgan fingerprint density at radius 3 is 2.55 bits per heavy atom. The lowest BCUT2D eigenvalue weighted by Crippen LogP contribution is -2.65. The second-order valence-corrected chi connectivity index (χ2v) is 7.77. The predicted molar refractivity (Wildman–Crippen MR) is 74.4 cm³/mol. The quantitative estimate of drug-likeness (QED) is 0.799. The monoisotopic (exact) mass is 300 g/mol. The minimum Gasteiger partial charge on any atom is -0.343 e. The van der Waals surface area contributed by atoms with Crippen molar-refractivity contribution >= 4 is 21.7 Å². The molecular weight excluding hydrogens is 280 g/mol. The van der Waals surface area contributed by atoms with E-state index in [4.69, 9.17) is 0 Å². The summed E-state index contributed by atoms with van der Waals surface area (Å²) in [7, 11) is -3.26. The Hall–Kier alpha value is -1.37. The van der Waals surface area contributed by atoms with Crippen molar-refractivity contribution < 1.29 is 18.0 Å². The van der Waals surface area contributed by atoms with Crippen LogP contribution >= 0.6 is 0 Å². The number of hydrogen-bond donors (Lipinski definition) is 1. The molecule has 0 aromatic carbocycles. The van der Waals surface area contributed by atoms with Crippen LogP contribution < -0.4 is 5.32 Å². The van der Waals surface area contributed by atoms with Gasteiger partial charge in [0.2, 0.25) is 11.8 Å². The molecule has 2 aliphatic heterocycles. The molecule has 6 nitrogen and oxygen atoms in total. The van der Waals surface area contributed by atoms with E-state index in [1.54, 1.807) is 6.92 Å². The standard InChI is InChI=1S/C13H20N2O4S/c1-8(2)6-11-13(17)15(9(3)12(16)14-11)10-4-5-20(18,19)7-10/h4-5,8-11H,6-7H2,1-3H3,(H,14,16). The summed E-state index contributed by atoms with van der Waals surface area (Å²) in [5.41, 5.74) is 0. The van der Waals surface area contributed by atoms with E-state index >= 15 is 0 Å². The average Bonchev–Trinajstić information content (AvgIpc) is 2.66. The van der Waals surface area contributed by atoms with Gasteiger partial charge < -0.3 is 10.2 Å². The Bertz CT molecular complexity index is 553. The first kappa shape index (κ1) is 15.0. The Morgan fingerprint density at radius 1 is 1.40 bits per heavy atom. The molecule has 0 aliphatic carbocycles. The van der Waals surface area contributed by atoms with Gasteiger partial charge in [0, 0.05) is 5.41 Å². The summed E-state index contributed by atoms with van der Waals surface area (Å²) in [5, 5.41) is 3.84. The third-order valence-electron chi connectivity index (χ3n) is 3.64. The number of carbonyl (C=O) groups excluding carboxylic acids is 2. The number of nitrogens with one attached hydrogen (secondary N) is 1. The van der Waals surface area contributed by atoms with Crippen molar-refractivity contribution in [1.82, 2.24) is 10.2 Å². The van der Waals surface area contributed by atoms with Crippen LogP contribution in [0.25, 0.3) is 0 Å². The third kappa shape index (κ3) is 2.87. The summed E-state index contributed by atoms with van der Waals surface area (Å²) in [4.78, 5) is 25.9. The predicted octanol–water partition coefficient (Wildman–Crippen LogP) is 0.0587. The van der Waals surface area contributed by atoms with Gasteiger partial charge in [-0.3, -0.25) is 9.59 Å². The summed E-state index contributed by atoms with van der Waals surface area (Å²) in [6, 6.07) is -1.74. The number of piperazine rings is 1. The lowest BCUT2D eigenvalue weighted by Gasteiger charge is -2.40. The van der Waals surface area contributed by atoms with Gasteiger partial charge in [-0.15, -0.1) is 0 Å². The highest BCUT2D eigenvalue weighted by atomic mass is 32.2. The molecule has 7 heteroatoms. The first-order valence-corrected chi connectivity index (χ1v) is 8.46. The van der Waals surface area contributed by atoms with E-state index in [1.165, 1.54) is 11.0 Å². The largest absolute Gasteiger partial charge is 0.343 e. The number of carbonyl (C=O) groups is 2. The third-order valence-corrected chi connectivity index (χ3v) is 5.02. The van der Waals surface area contributed by atoms with Crippen molar-refractivity contribution in [1.29, 1.82) is 0 Å². The van der Waals surface area contributed by atoms with Crippen LogP contribution in [-0.2, 0) is 19.4 Å². The van der Waals surface area contributed by atoms with Crippen LogP contribution in [0.5, 0.6) is 0 Å². The van der Waals surface area contributed by atoms with Crippen molar-refractivity contribution in [2.45, 2.75) is 45.3 Å². The Morgan fingerprint density at radius 2 is 2.05 bits per heavy atom. The Balaban J connectivity index is 2.23. The molecule has 1 N–H and O–H groups in total. The maximum absolute atomic E-state index is 12.5. The highest BCUT2D eigenvalue weighted by molar-refractivity contribution is 7.94. The molecule has 2 aliphatic rings. The molecule has 20 heavy (non-hydrogen) atoms. The van der Waals surface area contributed by atoms with Crippen LogP contribution in [0.15, 0.2) is 11.5 Å². The summed E-state index contributed by atoms with van der Waals surface area (Å²) in [6.45, 7) is 5.57. The topological polar surface area (TPSA) is 83.6 Å². The molecule has 1 saturated heterocycles. The van der Waals surface area contributed by atoms with Crippen molar-refractivity contribution in [3.8, 4) is 0 Å². The molecule has 0 radical (unpaired) electrons. The smallest absolute Gasteiger partial charge is 0.246 e. The van der Waals surface area contributed by atoms with Gasteiger partial charge in [-0.1, -0.05) is 13.8 Å². The van der Waals surface area contributed by atoms with Gasteiger partial charge in [0.05, 0.1) is 11.8 Å². The molecule has 3 atom stereocenters. The molecule has 2 rings (SSSR count). The van der Waals surface area contributed by atoms with Gasteiger partial charge in [0.15, 0.2) is 9.84 Å². The molecule has 0 aromatic rings. The molecule has 0 aromatic heterocycles. The van der Waals surface area contributed by atoms with Crippen LogP contribution in [0.3, 0.4) is 0 Å². The minimum atomic E-state index is -3.26. The molecule has 112 valence electrons. The van der Waals surface area contributed by atoms with E-state index in [9.17, 15) is 18.0 Å². The van der Waals surface area contributed by atoms with Crippen LogP contribution in [0.2, 0.25) is 0 Å². The normalized spacial score (nSPS) is 32.8. The van der Waals surface area contributed by atoms with Gasteiger partial charge in [-0.25, -0.2) is 8.42 Å². The first-order valence-electron chi connectivity index (χ1n) is 6.75. The second kappa shape index (κ2) is 5.20. The van der Waals surface area contributed by atoms with E-state index < -0.39 is 28.0 Å². The lowest BCUT2D eigenvalue weighted by molar-refractivity contribution is -0.150. The Kier molecular flexibility index (Phi) is 3.90. The second-order valence-electron chi connectivity index (χ2n) is 5.84. The summed E-state index contributed by atoms with van der Waals surface area (Å²) in [6.07, 6.45) is 2.05. The van der Waals surface area contributed by atoms with E-state index in [0.29, 0.717) is 6.42 Å². The average molecular weight is 300 g/mol. The lowest BCUT2D eigenvalue weighted by atomic mass is 9.98. The fourth-order valence-corrected chi connectivity index (χ4v) is 3.95. The number of amides is 2. The van der Waals surface area contributed by atoms with E-state index in [-0.39, 0.29) is 23.5 Å². The van der Waals surface area contributed by atoms with Gasteiger partial charge in [-0.05, 0) is 25.3 Å². The number of sulfone groups is 1. The molecule has 0 spiro atoms. The van der Waals surface area contributed by atoms with E-state index in [1.807, 2.05) is 13.8 Å². The fourth-order valence-electron chi connectivity index (χ4n) is 2.67. The molecule has 1 fully saturated rings. The van der Waals surface area contributed by atoms with Gasteiger partial charge in [0.1, 0.15) is 12.1 Å². The number of rotatable bonds is 3. The highest BCUT2D eigenvalue weighted by Gasteiger charge is 2.43. The zero-order valence-corrected chi connectivity index (χ0v) is 12.7. The van der Waals surface area contributed by atoms with Crippen molar-refractivity contribution in [3.63, 3.8) is 0 Å². The molecule has 3 unspecified atom stereocenters. The van der Waals surface area contributed by atoms with Crippen LogP contribution in [0.1, 0.15) is 27.2 Å². The van der Waals surface area contributed by atoms with Crippen molar-refractivity contribution in [3.05, 3.63) is 11.5 Å². The molecule has 2 amide bonds. The van der Waals surface area contributed by atoms with Crippen molar-refractivity contribution in [2.24, 2.45) is 5.92 Å². The minimum absolute atomic E-state index is 0.134. The summed E-state index contributed by atoms with van der Waals surface area (Å²) >= 11 is 0.